The van der Waals surface area contributed by atoms with Crippen LogP contribution in [0.1, 0.15) is 0 Å². The normalized spacial score (nSPS) is 11.1. The van der Waals surface area contributed by atoms with Gasteiger partial charge in [0.2, 0.25) is 11.9 Å². The Balaban J connectivity index is 1.41. The Labute approximate surface area is 193 Å². The molecule has 0 atom stereocenters. The van der Waals surface area contributed by atoms with Crippen molar-refractivity contribution < 1.29 is 17.6 Å². The van der Waals surface area contributed by atoms with E-state index >= 15 is 0 Å². The average molecular weight is 480 g/mol. The van der Waals surface area contributed by atoms with Crippen LogP contribution in [0.3, 0.4) is 0 Å². The van der Waals surface area contributed by atoms with E-state index in [-0.39, 0.29) is 28.6 Å². The highest BCUT2D eigenvalue weighted by atomic mass is 32.2. The minimum atomic E-state index is -3.91. The van der Waals surface area contributed by atoms with Crippen LogP contribution in [0.15, 0.2) is 89.1 Å². The first kappa shape index (κ1) is 22.7. The van der Waals surface area contributed by atoms with Crippen molar-refractivity contribution in [3.05, 3.63) is 95.6 Å². The third-order valence-electron chi connectivity index (χ3n) is 4.58. The van der Waals surface area contributed by atoms with Crippen molar-refractivity contribution in [3.8, 4) is 11.3 Å². The molecule has 10 nitrogen and oxygen atoms in total. The van der Waals surface area contributed by atoms with Crippen LogP contribution in [0, 0.1) is 5.82 Å². The van der Waals surface area contributed by atoms with Crippen LogP contribution >= 0.6 is 0 Å². The number of halogens is 1. The molecule has 4 aromatic rings. The number of hydrogen-bond acceptors (Lipinski definition) is 7. The third-order valence-corrected chi connectivity index (χ3v) is 5.93. The molecular weight excluding hydrogens is 463 g/mol. The molecule has 0 spiro atoms. The summed E-state index contributed by atoms with van der Waals surface area (Å²) in [5.74, 6) is -1.12. The zero-order valence-electron chi connectivity index (χ0n) is 17.4. The molecule has 172 valence electrons. The zero-order chi connectivity index (χ0) is 24.1. The highest BCUT2D eigenvalue weighted by Crippen LogP contribution is 2.19. The standard InChI is InChI=1S/C22H17FN6O4S/c23-18-5-2-1-4-17(18)19-12-21(31)29(14-26-19)13-20(30)27-15-6-8-16(9-7-15)34(32,33)28-22-24-10-3-11-25-22/h1-12,14H,13H2,(H,27,30)(H,24,25,28). The van der Waals surface area contributed by atoms with E-state index in [0.717, 1.165) is 17.0 Å². The van der Waals surface area contributed by atoms with Crippen LogP contribution < -0.4 is 15.6 Å². The Morgan fingerprint density at radius 1 is 0.971 bits per heavy atom. The summed E-state index contributed by atoms with van der Waals surface area (Å²) in [6.45, 7) is -0.337. The molecule has 1 amide bonds. The molecule has 2 N–H and O–H groups in total. The van der Waals surface area contributed by atoms with Crippen LogP contribution in [-0.4, -0.2) is 33.8 Å². The number of rotatable bonds is 7. The first-order valence-electron chi connectivity index (χ1n) is 9.83. The molecule has 12 heteroatoms. The maximum Gasteiger partial charge on any atom is 0.264 e. The SMILES string of the molecule is O=C(Cn1cnc(-c2ccccc2F)cc1=O)Nc1ccc(S(=O)(=O)Nc2ncccn2)cc1. The Bertz CT molecular complexity index is 1490. The van der Waals surface area contributed by atoms with Gasteiger partial charge in [0.1, 0.15) is 12.4 Å². The molecular formula is C22H17FN6O4S. The Kier molecular flexibility index (Phi) is 6.41. The number of nitrogens with one attached hydrogen (secondary N) is 2. The van der Waals surface area contributed by atoms with Gasteiger partial charge < -0.3 is 5.32 Å². The van der Waals surface area contributed by atoms with Crippen molar-refractivity contribution in [2.45, 2.75) is 11.4 Å². The molecule has 4 rings (SSSR count). The summed E-state index contributed by atoms with van der Waals surface area (Å²) in [4.78, 5) is 36.3. The molecule has 0 unspecified atom stereocenters. The van der Waals surface area contributed by atoms with Gasteiger partial charge in [-0.3, -0.25) is 14.2 Å². The minimum Gasteiger partial charge on any atom is -0.325 e. The summed E-state index contributed by atoms with van der Waals surface area (Å²) >= 11 is 0. The maximum atomic E-state index is 13.9. The summed E-state index contributed by atoms with van der Waals surface area (Å²) < 4.78 is 42.1. The van der Waals surface area contributed by atoms with Crippen molar-refractivity contribution in [3.63, 3.8) is 0 Å². The molecule has 0 saturated heterocycles. The third kappa shape index (κ3) is 5.30. The molecule has 34 heavy (non-hydrogen) atoms. The smallest absolute Gasteiger partial charge is 0.264 e. The van der Waals surface area contributed by atoms with Gasteiger partial charge in [0.05, 0.1) is 16.9 Å². The first-order valence-corrected chi connectivity index (χ1v) is 11.3. The maximum absolute atomic E-state index is 13.9. The number of benzene rings is 2. The molecule has 0 aliphatic rings. The summed E-state index contributed by atoms with van der Waals surface area (Å²) in [6.07, 6.45) is 3.96. The number of hydrogen-bond donors (Lipinski definition) is 2. The molecule has 2 heterocycles. The summed E-state index contributed by atoms with van der Waals surface area (Å²) in [7, 11) is -3.91. The molecule has 0 aliphatic carbocycles. The van der Waals surface area contributed by atoms with E-state index < -0.39 is 27.3 Å². The molecule has 0 bridgehead atoms. The quantitative estimate of drug-likeness (QED) is 0.414. The van der Waals surface area contributed by atoms with E-state index in [1.165, 1.54) is 54.9 Å². The fraction of sp³-hybridized carbons (Fsp3) is 0.0455. The van der Waals surface area contributed by atoms with Crippen LogP contribution in [0.2, 0.25) is 0 Å². The average Bonchev–Trinajstić information content (AvgIpc) is 2.81. The van der Waals surface area contributed by atoms with E-state index in [9.17, 15) is 22.4 Å². The van der Waals surface area contributed by atoms with E-state index in [1.807, 2.05) is 0 Å². The minimum absolute atomic E-state index is 0.0536. The van der Waals surface area contributed by atoms with E-state index in [1.54, 1.807) is 12.1 Å². The first-order chi connectivity index (χ1) is 16.3. The van der Waals surface area contributed by atoms with Gasteiger partial charge in [0, 0.05) is 29.7 Å². The fourth-order valence-electron chi connectivity index (χ4n) is 2.96. The van der Waals surface area contributed by atoms with Gasteiger partial charge in [0.25, 0.3) is 15.6 Å². The van der Waals surface area contributed by atoms with Gasteiger partial charge in [-0.15, -0.1) is 0 Å². The number of anilines is 2. The second-order valence-electron chi connectivity index (χ2n) is 6.97. The van der Waals surface area contributed by atoms with Crippen LogP contribution in [0.5, 0.6) is 0 Å². The molecule has 2 aromatic carbocycles. The largest absolute Gasteiger partial charge is 0.325 e. The lowest BCUT2D eigenvalue weighted by molar-refractivity contribution is -0.116. The van der Waals surface area contributed by atoms with Crippen molar-refractivity contribution in [1.29, 1.82) is 0 Å². The van der Waals surface area contributed by atoms with Crippen LogP contribution in [-0.2, 0) is 21.4 Å². The van der Waals surface area contributed by atoms with Gasteiger partial charge in [-0.2, -0.15) is 0 Å². The fourth-order valence-corrected chi connectivity index (χ4v) is 3.92. The summed E-state index contributed by atoms with van der Waals surface area (Å²) in [5.41, 5.74) is 0.133. The van der Waals surface area contributed by atoms with E-state index in [4.69, 9.17) is 0 Å². The van der Waals surface area contributed by atoms with Gasteiger partial charge in [-0.1, -0.05) is 12.1 Å². The van der Waals surface area contributed by atoms with E-state index in [0.29, 0.717) is 5.69 Å². The monoisotopic (exact) mass is 480 g/mol. The Morgan fingerprint density at radius 3 is 2.35 bits per heavy atom. The van der Waals surface area contributed by atoms with E-state index in [2.05, 4.69) is 25.0 Å². The highest BCUT2D eigenvalue weighted by molar-refractivity contribution is 7.92. The molecule has 0 saturated carbocycles. The number of aromatic nitrogens is 4. The van der Waals surface area contributed by atoms with Crippen molar-refractivity contribution in [2.75, 3.05) is 10.0 Å². The Hall–Kier alpha value is -4.45. The van der Waals surface area contributed by atoms with Crippen molar-refractivity contribution in [2.24, 2.45) is 0 Å². The van der Waals surface area contributed by atoms with Crippen LogP contribution in [0.25, 0.3) is 11.3 Å². The van der Waals surface area contributed by atoms with Crippen molar-refractivity contribution >= 4 is 27.6 Å². The molecule has 0 radical (unpaired) electrons. The predicted molar refractivity (Wildman–Crippen MR) is 122 cm³/mol. The second-order valence-corrected chi connectivity index (χ2v) is 8.65. The number of carbonyl (C=O) groups excluding carboxylic acids is 1. The van der Waals surface area contributed by atoms with Gasteiger partial charge in [-0.05, 0) is 42.5 Å². The zero-order valence-corrected chi connectivity index (χ0v) is 18.2. The lowest BCUT2D eigenvalue weighted by Crippen LogP contribution is -2.27. The van der Waals surface area contributed by atoms with Crippen molar-refractivity contribution in [1.82, 2.24) is 19.5 Å². The lowest BCUT2D eigenvalue weighted by atomic mass is 10.1. The Morgan fingerprint density at radius 2 is 1.68 bits per heavy atom. The molecule has 2 aromatic heterocycles. The summed E-state index contributed by atoms with van der Waals surface area (Å²) in [6, 6.07) is 14.0. The number of nitrogens with zero attached hydrogens (tertiary/aromatic N) is 4. The van der Waals surface area contributed by atoms with Gasteiger partial charge in [0.15, 0.2) is 0 Å². The lowest BCUT2D eigenvalue weighted by Gasteiger charge is -2.10. The number of carbonyl (C=O) groups is 1. The summed E-state index contributed by atoms with van der Waals surface area (Å²) in [5, 5.41) is 2.58. The second kappa shape index (κ2) is 9.58. The predicted octanol–water partition coefficient (Wildman–Crippen LogP) is 2.28. The van der Waals surface area contributed by atoms with Gasteiger partial charge in [-0.25, -0.2) is 32.5 Å². The van der Waals surface area contributed by atoms with Crippen LogP contribution in [0.4, 0.5) is 16.0 Å². The molecule has 0 aliphatic heterocycles. The highest BCUT2D eigenvalue weighted by Gasteiger charge is 2.16. The number of amides is 1. The number of sulfonamides is 1. The van der Waals surface area contributed by atoms with Gasteiger partial charge >= 0.3 is 0 Å². The molecule has 0 fully saturated rings. The topological polar surface area (TPSA) is 136 Å².